The van der Waals surface area contributed by atoms with E-state index in [-0.39, 0.29) is 17.7 Å². The van der Waals surface area contributed by atoms with Crippen LogP contribution in [0.4, 0.5) is 0 Å². The summed E-state index contributed by atoms with van der Waals surface area (Å²) < 4.78 is 0. The van der Waals surface area contributed by atoms with Crippen LogP contribution in [0.2, 0.25) is 5.02 Å². The molecule has 0 fully saturated rings. The quantitative estimate of drug-likeness (QED) is 0.749. The fourth-order valence-electron chi connectivity index (χ4n) is 2.36. The predicted molar refractivity (Wildman–Crippen MR) is 93.3 cm³/mol. The van der Waals surface area contributed by atoms with Gasteiger partial charge in [-0.15, -0.1) is 0 Å². The molecule has 0 bridgehead atoms. The molecule has 0 aliphatic carbocycles. The van der Waals surface area contributed by atoms with Gasteiger partial charge in [-0.3, -0.25) is 14.7 Å². The molecule has 1 aromatic heterocycles. The van der Waals surface area contributed by atoms with Crippen molar-refractivity contribution in [2.45, 2.75) is 33.4 Å². The van der Waals surface area contributed by atoms with E-state index < -0.39 is 6.04 Å². The van der Waals surface area contributed by atoms with Crippen LogP contribution in [0.5, 0.6) is 0 Å². The fourth-order valence-corrected chi connectivity index (χ4v) is 2.48. The van der Waals surface area contributed by atoms with Crippen LogP contribution in [-0.4, -0.2) is 28.1 Å². The first kappa shape index (κ1) is 18.0. The van der Waals surface area contributed by atoms with Gasteiger partial charge in [0.25, 0.3) is 0 Å². The van der Waals surface area contributed by atoms with E-state index in [4.69, 9.17) is 11.6 Å². The molecular formula is C17H21ClN4O2. The Morgan fingerprint density at radius 3 is 2.50 bits per heavy atom. The highest BCUT2D eigenvalue weighted by atomic mass is 35.5. The molecule has 128 valence electrons. The van der Waals surface area contributed by atoms with Gasteiger partial charge in [-0.1, -0.05) is 37.6 Å². The smallest absolute Gasteiger partial charge is 0.243 e. The van der Waals surface area contributed by atoms with E-state index in [1.165, 1.54) is 6.92 Å². The van der Waals surface area contributed by atoms with Gasteiger partial charge in [-0.25, -0.2) is 0 Å². The maximum Gasteiger partial charge on any atom is 0.243 e. The van der Waals surface area contributed by atoms with Gasteiger partial charge in [-0.2, -0.15) is 5.10 Å². The number of nitrogens with zero attached hydrogens (tertiary/aromatic N) is 1. The Bertz CT molecular complexity index is 710. The molecule has 1 heterocycles. The molecule has 0 aliphatic rings. The zero-order chi connectivity index (χ0) is 17.7. The number of benzene rings is 1. The summed E-state index contributed by atoms with van der Waals surface area (Å²) in [5, 5.41) is 13.2. The van der Waals surface area contributed by atoms with E-state index in [1.807, 2.05) is 26.0 Å². The highest BCUT2D eigenvalue weighted by Crippen LogP contribution is 2.22. The summed E-state index contributed by atoms with van der Waals surface area (Å²) >= 11 is 5.90. The minimum absolute atomic E-state index is 0.00557. The molecule has 0 saturated heterocycles. The van der Waals surface area contributed by atoms with E-state index in [0.29, 0.717) is 11.6 Å². The summed E-state index contributed by atoms with van der Waals surface area (Å²) in [6.07, 6.45) is 1.67. The summed E-state index contributed by atoms with van der Waals surface area (Å²) in [7, 11) is 0. The van der Waals surface area contributed by atoms with Crippen molar-refractivity contribution in [2.24, 2.45) is 5.92 Å². The highest BCUT2D eigenvalue weighted by Gasteiger charge is 2.23. The van der Waals surface area contributed by atoms with Gasteiger partial charge in [0, 0.05) is 24.1 Å². The molecule has 6 nitrogen and oxygen atoms in total. The van der Waals surface area contributed by atoms with E-state index in [2.05, 4.69) is 20.8 Å². The SMILES string of the molecule is CC(=O)NC(C(=O)NCc1cn[nH]c1-c1ccc(Cl)cc1)C(C)C. The molecule has 3 N–H and O–H groups in total. The van der Waals surface area contributed by atoms with Crippen LogP contribution < -0.4 is 10.6 Å². The fraction of sp³-hybridized carbons (Fsp3) is 0.353. The maximum atomic E-state index is 12.3. The second-order valence-electron chi connectivity index (χ2n) is 5.92. The molecule has 2 aromatic rings. The van der Waals surface area contributed by atoms with Gasteiger partial charge in [0.15, 0.2) is 0 Å². The Labute approximate surface area is 146 Å². The third-order valence-corrected chi connectivity index (χ3v) is 3.86. The second kappa shape index (κ2) is 7.97. The topological polar surface area (TPSA) is 86.9 Å². The van der Waals surface area contributed by atoms with Gasteiger partial charge in [0.05, 0.1) is 11.9 Å². The highest BCUT2D eigenvalue weighted by molar-refractivity contribution is 6.30. The molecule has 7 heteroatoms. The average molecular weight is 349 g/mol. The number of nitrogens with one attached hydrogen (secondary N) is 3. The number of halogens is 1. The normalized spacial score (nSPS) is 12.0. The Balaban J connectivity index is 2.07. The molecule has 0 radical (unpaired) electrons. The summed E-state index contributed by atoms with van der Waals surface area (Å²) in [5.74, 6) is -0.452. The molecule has 1 aromatic carbocycles. The lowest BCUT2D eigenvalue weighted by molar-refractivity contribution is -0.129. The Morgan fingerprint density at radius 1 is 1.25 bits per heavy atom. The lowest BCUT2D eigenvalue weighted by Gasteiger charge is -2.20. The van der Waals surface area contributed by atoms with Crippen molar-refractivity contribution in [3.63, 3.8) is 0 Å². The first-order chi connectivity index (χ1) is 11.4. The Hall–Kier alpha value is -2.34. The number of amides is 2. The summed E-state index contributed by atoms with van der Waals surface area (Å²) in [6, 6.07) is 6.80. The van der Waals surface area contributed by atoms with Crippen molar-refractivity contribution < 1.29 is 9.59 Å². The second-order valence-corrected chi connectivity index (χ2v) is 6.35. The first-order valence-electron chi connectivity index (χ1n) is 7.71. The third-order valence-electron chi connectivity index (χ3n) is 3.61. The number of carbonyl (C=O) groups excluding carboxylic acids is 2. The lowest BCUT2D eigenvalue weighted by atomic mass is 10.0. The molecule has 1 atom stereocenters. The van der Waals surface area contributed by atoms with Crippen molar-refractivity contribution in [3.05, 3.63) is 41.0 Å². The zero-order valence-corrected chi connectivity index (χ0v) is 14.6. The lowest BCUT2D eigenvalue weighted by Crippen LogP contribution is -2.48. The van der Waals surface area contributed by atoms with E-state index in [1.54, 1.807) is 18.3 Å². The van der Waals surface area contributed by atoms with Crippen LogP contribution in [0.1, 0.15) is 26.3 Å². The van der Waals surface area contributed by atoms with E-state index in [9.17, 15) is 9.59 Å². The zero-order valence-electron chi connectivity index (χ0n) is 13.9. The van der Waals surface area contributed by atoms with Crippen molar-refractivity contribution in [1.82, 2.24) is 20.8 Å². The monoisotopic (exact) mass is 348 g/mol. The third kappa shape index (κ3) is 4.58. The minimum Gasteiger partial charge on any atom is -0.350 e. The van der Waals surface area contributed by atoms with Crippen LogP contribution in [-0.2, 0) is 16.1 Å². The van der Waals surface area contributed by atoms with Crippen molar-refractivity contribution >= 4 is 23.4 Å². The summed E-state index contributed by atoms with van der Waals surface area (Å²) in [4.78, 5) is 23.6. The number of hydrogen-bond donors (Lipinski definition) is 3. The van der Waals surface area contributed by atoms with Crippen LogP contribution in [0.3, 0.4) is 0 Å². The van der Waals surface area contributed by atoms with Gasteiger partial charge in [-0.05, 0) is 23.6 Å². The first-order valence-corrected chi connectivity index (χ1v) is 8.09. The van der Waals surface area contributed by atoms with Crippen LogP contribution in [0, 0.1) is 5.92 Å². The number of H-pyrrole nitrogens is 1. The maximum absolute atomic E-state index is 12.3. The molecule has 24 heavy (non-hydrogen) atoms. The van der Waals surface area contributed by atoms with Gasteiger partial charge in [0.1, 0.15) is 6.04 Å². The van der Waals surface area contributed by atoms with E-state index >= 15 is 0 Å². The average Bonchev–Trinajstić information content (AvgIpc) is 2.99. The molecule has 0 saturated carbocycles. The largest absolute Gasteiger partial charge is 0.350 e. The van der Waals surface area contributed by atoms with Gasteiger partial charge >= 0.3 is 0 Å². The van der Waals surface area contributed by atoms with Gasteiger partial charge in [0.2, 0.25) is 11.8 Å². The number of aromatic amines is 1. The Kier molecular flexibility index (Phi) is 5.98. The van der Waals surface area contributed by atoms with E-state index in [0.717, 1.165) is 16.8 Å². The van der Waals surface area contributed by atoms with Crippen molar-refractivity contribution in [1.29, 1.82) is 0 Å². The standard InChI is InChI=1S/C17H21ClN4O2/c1-10(2)15(21-11(3)23)17(24)19-8-13-9-20-22-16(13)12-4-6-14(18)7-5-12/h4-7,9-10,15H,8H2,1-3H3,(H,19,24)(H,20,22)(H,21,23). The van der Waals surface area contributed by atoms with Crippen LogP contribution in [0.15, 0.2) is 30.5 Å². The molecule has 0 aliphatic heterocycles. The van der Waals surface area contributed by atoms with Crippen LogP contribution >= 0.6 is 11.6 Å². The molecule has 1 unspecified atom stereocenters. The van der Waals surface area contributed by atoms with Crippen molar-refractivity contribution in [2.75, 3.05) is 0 Å². The molecule has 2 rings (SSSR count). The number of carbonyl (C=O) groups is 2. The molecule has 0 spiro atoms. The van der Waals surface area contributed by atoms with Crippen LogP contribution in [0.25, 0.3) is 11.3 Å². The number of rotatable bonds is 6. The van der Waals surface area contributed by atoms with Gasteiger partial charge < -0.3 is 10.6 Å². The predicted octanol–water partition coefficient (Wildman–Crippen LogP) is 2.51. The minimum atomic E-state index is -0.562. The number of aromatic nitrogens is 2. The molecular weight excluding hydrogens is 328 g/mol. The number of hydrogen-bond acceptors (Lipinski definition) is 3. The summed E-state index contributed by atoms with van der Waals surface area (Å²) in [5.41, 5.74) is 2.62. The van der Waals surface area contributed by atoms with Crippen molar-refractivity contribution in [3.8, 4) is 11.3 Å². The summed E-state index contributed by atoms with van der Waals surface area (Å²) in [6.45, 7) is 5.49. The Morgan fingerprint density at radius 2 is 1.92 bits per heavy atom. The molecule has 2 amide bonds.